The van der Waals surface area contributed by atoms with Gasteiger partial charge in [0.2, 0.25) is 11.8 Å². The Morgan fingerprint density at radius 1 is 1.00 bits per heavy atom. The zero-order chi connectivity index (χ0) is 31.7. The van der Waals surface area contributed by atoms with Gasteiger partial charge in [-0.05, 0) is 62.6 Å². The molecule has 238 valence electrons. The number of hydrogen-bond acceptors (Lipinski definition) is 6. The molecule has 2 heterocycles. The van der Waals surface area contributed by atoms with Crippen molar-refractivity contribution < 1.29 is 32.3 Å². The maximum absolute atomic E-state index is 13.0. The number of hydrogen-bond donors (Lipinski definition) is 2. The number of para-hydroxylation sites is 1. The Hall–Kier alpha value is -4.22. The topological polar surface area (TPSA) is 94.2 Å². The lowest BCUT2D eigenvalue weighted by Crippen LogP contribution is -2.47. The number of allylic oxidation sites excluding steroid dienone is 1. The van der Waals surface area contributed by atoms with Gasteiger partial charge in [-0.3, -0.25) is 14.4 Å². The first-order chi connectivity index (χ1) is 21.0. The van der Waals surface area contributed by atoms with E-state index in [0.717, 1.165) is 31.7 Å². The highest BCUT2D eigenvalue weighted by molar-refractivity contribution is 6.00. The Balaban J connectivity index is 1.43. The van der Waals surface area contributed by atoms with Crippen LogP contribution in [0.15, 0.2) is 54.3 Å². The van der Waals surface area contributed by atoms with Crippen LogP contribution in [0.25, 0.3) is 0 Å². The monoisotopic (exact) mass is 615 g/mol. The summed E-state index contributed by atoms with van der Waals surface area (Å²) in [5.41, 5.74) is 3.92. The van der Waals surface area contributed by atoms with Crippen molar-refractivity contribution in [2.45, 2.75) is 45.7 Å². The van der Waals surface area contributed by atoms with E-state index in [2.05, 4.69) is 44.2 Å². The van der Waals surface area contributed by atoms with Crippen LogP contribution in [0.4, 0.5) is 30.2 Å². The van der Waals surface area contributed by atoms with Gasteiger partial charge in [0.1, 0.15) is 0 Å². The smallest absolute Gasteiger partial charge is 0.422 e. The molecule has 0 atom stereocenters. The first-order valence-electron chi connectivity index (χ1n) is 14.9. The minimum Gasteiger partial charge on any atom is -0.489 e. The Kier molecular flexibility index (Phi) is 11.1. The molecule has 44 heavy (non-hydrogen) atoms. The number of nitrogens with one attached hydrogen (secondary N) is 2. The summed E-state index contributed by atoms with van der Waals surface area (Å²) in [6.45, 7) is 6.64. The van der Waals surface area contributed by atoms with Gasteiger partial charge in [-0.25, -0.2) is 0 Å². The van der Waals surface area contributed by atoms with E-state index in [0.29, 0.717) is 50.3 Å². The Morgan fingerprint density at radius 3 is 2.36 bits per heavy atom. The summed E-state index contributed by atoms with van der Waals surface area (Å²) in [6, 6.07) is 13.3. The quantitative estimate of drug-likeness (QED) is 0.261. The van der Waals surface area contributed by atoms with E-state index in [1.54, 1.807) is 17.0 Å². The third kappa shape index (κ3) is 9.39. The summed E-state index contributed by atoms with van der Waals surface area (Å²) >= 11 is 0. The van der Waals surface area contributed by atoms with Crippen LogP contribution < -0.4 is 20.4 Å². The molecule has 4 rings (SSSR count). The molecule has 2 saturated heterocycles. The van der Waals surface area contributed by atoms with Crippen LogP contribution in [-0.2, 0) is 14.3 Å². The summed E-state index contributed by atoms with van der Waals surface area (Å²) in [7, 11) is 0. The van der Waals surface area contributed by atoms with Crippen LogP contribution >= 0.6 is 0 Å². The van der Waals surface area contributed by atoms with Crippen molar-refractivity contribution >= 4 is 34.8 Å². The molecule has 0 saturated carbocycles. The van der Waals surface area contributed by atoms with Crippen molar-refractivity contribution in [2.24, 2.45) is 0 Å². The number of aryl methyl sites for hydroxylation is 1. The normalized spacial score (nSPS) is 15.9. The number of likely N-dealkylation sites (tertiary alicyclic amines) is 1. The van der Waals surface area contributed by atoms with Crippen LogP contribution in [0.5, 0.6) is 0 Å². The minimum absolute atomic E-state index is 0.00575. The van der Waals surface area contributed by atoms with Crippen LogP contribution in [0.2, 0.25) is 0 Å². The van der Waals surface area contributed by atoms with Gasteiger partial charge in [-0.1, -0.05) is 18.2 Å². The van der Waals surface area contributed by atoms with Crippen molar-refractivity contribution in [3.63, 3.8) is 0 Å². The number of nitrogens with zero attached hydrogens (tertiary/aromatic N) is 3. The second kappa shape index (κ2) is 15.0. The number of carbonyl (C=O) groups excluding carboxylic acids is 3. The molecule has 0 spiro atoms. The Morgan fingerprint density at radius 2 is 1.70 bits per heavy atom. The number of rotatable bonds is 12. The molecule has 2 fully saturated rings. The fraction of sp³-hybridized carbons (Fsp3) is 0.469. The second-order valence-corrected chi connectivity index (χ2v) is 11.1. The summed E-state index contributed by atoms with van der Waals surface area (Å²) in [5, 5.41) is 5.74. The predicted molar refractivity (Wildman–Crippen MR) is 164 cm³/mol. The van der Waals surface area contributed by atoms with Crippen molar-refractivity contribution in [1.29, 1.82) is 0 Å². The zero-order valence-corrected chi connectivity index (χ0v) is 25.2. The molecule has 0 aliphatic carbocycles. The number of anilines is 3. The molecular weight excluding hydrogens is 575 g/mol. The lowest BCUT2D eigenvalue weighted by molar-refractivity contribution is -0.164. The number of piperazine rings is 1. The van der Waals surface area contributed by atoms with E-state index in [-0.39, 0.29) is 24.0 Å². The molecule has 0 bridgehead atoms. The molecule has 2 aromatic carbocycles. The molecule has 2 aliphatic rings. The molecule has 0 aromatic heterocycles. The fourth-order valence-electron chi connectivity index (χ4n) is 5.37. The van der Waals surface area contributed by atoms with Gasteiger partial charge < -0.3 is 30.1 Å². The number of benzene rings is 2. The first kappa shape index (κ1) is 32.7. The van der Waals surface area contributed by atoms with Gasteiger partial charge >= 0.3 is 6.18 Å². The third-order valence-electron chi connectivity index (χ3n) is 7.71. The van der Waals surface area contributed by atoms with Crippen LogP contribution in [0.3, 0.4) is 0 Å². The molecule has 12 heteroatoms. The van der Waals surface area contributed by atoms with E-state index < -0.39 is 18.7 Å². The van der Waals surface area contributed by atoms with Gasteiger partial charge in [-0.2, -0.15) is 13.2 Å². The average molecular weight is 616 g/mol. The van der Waals surface area contributed by atoms with Crippen LogP contribution in [0.1, 0.15) is 48.5 Å². The Bertz CT molecular complexity index is 1360. The van der Waals surface area contributed by atoms with Crippen LogP contribution in [-0.4, -0.2) is 81.2 Å². The lowest BCUT2D eigenvalue weighted by Gasteiger charge is -2.38. The number of alkyl halides is 3. The maximum Gasteiger partial charge on any atom is 0.422 e. The van der Waals surface area contributed by atoms with Crippen molar-refractivity contribution in [3.05, 3.63) is 65.4 Å². The molecule has 2 aliphatic heterocycles. The number of carbonyl (C=O) groups is 3. The number of halogens is 3. The highest BCUT2D eigenvalue weighted by atomic mass is 19.4. The van der Waals surface area contributed by atoms with Crippen molar-refractivity contribution in [1.82, 2.24) is 10.2 Å². The SMILES string of the molecule is C/C(=C/CC(=O)Nc1cc(C(=O)NCCCN2CCCC2=O)ccc1N1CCN(c2ccccc2C)CC1)OCC(F)(F)F. The van der Waals surface area contributed by atoms with E-state index in [1.807, 2.05) is 18.2 Å². The first-order valence-corrected chi connectivity index (χ1v) is 14.9. The van der Waals surface area contributed by atoms with E-state index in [1.165, 1.54) is 24.3 Å². The fourth-order valence-corrected chi connectivity index (χ4v) is 5.37. The van der Waals surface area contributed by atoms with Crippen molar-refractivity contribution in [3.8, 4) is 0 Å². The van der Waals surface area contributed by atoms with Crippen molar-refractivity contribution in [2.75, 3.05) is 67.5 Å². The molecule has 0 unspecified atom stereocenters. The van der Waals surface area contributed by atoms with E-state index in [4.69, 9.17) is 0 Å². The number of amides is 3. The number of ether oxygens (including phenoxy) is 1. The zero-order valence-electron chi connectivity index (χ0n) is 25.2. The van der Waals surface area contributed by atoms with Gasteiger partial charge in [0.05, 0.1) is 17.1 Å². The van der Waals surface area contributed by atoms with Gasteiger partial charge in [0.25, 0.3) is 5.91 Å². The highest BCUT2D eigenvalue weighted by Crippen LogP contribution is 2.30. The molecular formula is C32H40F3N5O4. The van der Waals surface area contributed by atoms with Gasteiger partial charge in [0, 0.05) is 69.9 Å². The summed E-state index contributed by atoms with van der Waals surface area (Å²) in [6.07, 6.45) is -1.30. The van der Waals surface area contributed by atoms with E-state index in [9.17, 15) is 27.6 Å². The second-order valence-electron chi connectivity index (χ2n) is 11.1. The van der Waals surface area contributed by atoms with Gasteiger partial charge in [0.15, 0.2) is 6.61 Å². The highest BCUT2D eigenvalue weighted by Gasteiger charge is 2.28. The third-order valence-corrected chi connectivity index (χ3v) is 7.71. The molecule has 2 N–H and O–H groups in total. The summed E-state index contributed by atoms with van der Waals surface area (Å²) < 4.78 is 42.1. The molecule has 3 amide bonds. The van der Waals surface area contributed by atoms with Gasteiger partial charge in [-0.15, -0.1) is 0 Å². The largest absolute Gasteiger partial charge is 0.489 e. The molecule has 0 radical (unpaired) electrons. The molecule has 2 aromatic rings. The maximum atomic E-state index is 13.0. The van der Waals surface area contributed by atoms with E-state index >= 15 is 0 Å². The summed E-state index contributed by atoms with van der Waals surface area (Å²) in [5.74, 6) is -0.620. The lowest BCUT2D eigenvalue weighted by atomic mass is 10.1. The molecule has 9 nitrogen and oxygen atoms in total. The average Bonchev–Trinajstić information content (AvgIpc) is 3.41. The predicted octanol–water partition coefficient (Wildman–Crippen LogP) is 4.88. The van der Waals surface area contributed by atoms with Crippen LogP contribution in [0, 0.1) is 6.92 Å². The standard InChI is InChI=1S/C32H40F3N5O4/c1-23-7-3-4-8-27(23)38-17-19-39(20-18-38)28-12-11-25(31(43)36-14-6-16-40-15-5-9-30(40)42)21-26(28)37-29(41)13-10-24(2)44-22-32(33,34)35/h3-4,7-8,10-12,21H,5-6,9,13-20,22H2,1-2H3,(H,36,43)(H,37,41)/b24-10-. The summed E-state index contributed by atoms with van der Waals surface area (Å²) in [4.78, 5) is 43.9. The Labute approximate surface area is 256 Å². The minimum atomic E-state index is -4.47.